The quantitative estimate of drug-likeness (QED) is 0.145. The Hall–Kier alpha value is -1.95. The molecule has 2 aliphatic heterocycles. The van der Waals surface area contributed by atoms with Crippen LogP contribution in [0.15, 0.2) is 0 Å². The summed E-state index contributed by atoms with van der Waals surface area (Å²) >= 11 is 0. The van der Waals surface area contributed by atoms with Gasteiger partial charge in [-0.05, 0) is 0 Å². The van der Waals surface area contributed by atoms with E-state index >= 15 is 0 Å². The van der Waals surface area contributed by atoms with Crippen molar-refractivity contribution in [3.63, 3.8) is 0 Å². The first-order chi connectivity index (χ1) is 15.9. The van der Waals surface area contributed by atoms with Gasteiger partial charge in [-0.15, -0.1) is 0 Å². The van der Waals surface area contributed by atoms with Gasteiger partial charge in [0.1, 0.15) is 48.3 Å². The molecule has 34 heavy (non-hydrogen) atoms. The largest absolute Gasteiger partial charge is 0.481 e. The number of carboxylic acids is 1. The molecule has 0 radical (unpaired) electrons. The van der Waals surface area contributed by atoms with Gasteiger partial charge in [0.15, 0.2) is 6.29 Å². The molecule has 0 spiro atoms. The van der Waals surface area contributed by atoms with Crippen molar-refractivity contribution < 1.29 is 64.3 Å². The number of carboxylic acid groups (broad SMARTS) is 1. The molecule has 2 heterocycles. The van der Waals surface area contributed by atoms with Crippen LogP contribution in [0.25, 0.3) is 0 Å². The van der Waals surface area contributed by atoms with E-state index in [4.69, 9.17) is 19.3 Å². The third kappa shape index (κ3) is 5.64. The Morgan fingerprint density at radius 2 is 1.62 bits per heavy atom. The smallest absolute Gasteiger partial charge is 0.303 e. The number of aliphatic carboxylic acids is 1. The summed E-state index contributed by atoms with van der Waals surface area (Å²) in [6.07, 6.45) is -12.9. The highest BCUT2D eigenvalue weighted by atomic mass is 16.7. The van der Waals surface area contributed by atoms with Crippen LogP contribution < -0.4 is 10.6 Å². The molecule has 15 nitrogen and oxygen atoms in total. The Bertz CT molecular complexity index is 739. The maximum absolute atomic E-state index is 12.2. The van der Waals surface area contributed by atoms with Gasteiger partial charge >= 0.3 is 5.97 Å². The molecule has 0 unspecified atom stereocenters. The lowest BCUT2D eigenvalue weighted by atomic mass is 9.73. The number of hydrogen-bond donors (Lipinski definition) is 9. The summed E-state index contributed by atoms with van der Waals surface area (Å²) < 4.78 is 16.1. The van der Waals surface area contributed by atoms with Crippen molar-refractivity contribution in [1.29, 1.82) is 0 Å². The number of ether oxygens (including phenoxy) is 3. The summed E-state index contributed by atoms with van der Waals surface area (Å²) in [6.45, 7) is -0.614. The van der Waals surface area contributed by atoms with Gasteiger partial charge in [-0.3, -0.25) is 14.4 Å². The molecule has 2 rings (SSSR count). The van der Waals surface area contributed by atoms with Crippen LogP contribution in [0.4, 0.5) is 0 Å². The zero-order chi connectivity index (χ0) is 25.8. The fraction of sp³-hybridized carbons (Fsp3) is 0.842. The molecule has 0 aliphatic carbocycles. The van der Waals surface area contributed by atoms with Gasteiger partial charge in [-0.1, -0.05) is 0 Å². The number of carbonyl (C=O) groups is 3. The molecule has 0 aromatic heterocycles. The molecule has 9 N–H and O–H groups in total. The maximum Gasteiger partial charge on any atom is 0.303 e. The van der Waals surface area contributed by atoms with Crippen molar-refractivity contribution in [2.75, 3.05) is 20.3 Å². The van der Waals surface area contributed by atoms with Crippen molar-refractivity contribution in [3.05, 3.63) is 0 Å². The first-order valence-electron chi connectivity index (χ1n) is 10.5. The minimum atomic E-state index is -2.64. The molecule has 0 aromatic rings. The van der Waals surface area contributed by atoms with E-state index in [9.17, 15) is 45.0 Å². The summed E-state index contributed by atoms with van der Waals surface area (Å²) in [6, 6.07) is -2.97. The lowest BCUT2D eigenvalue weighted by Gasteiger charge is -2.55. The Labute approximate surface area is 194 Å². The van der Waals surface area contributed by atoms with Gasteiger partial charge in [0.05, 0.1) is 25.7 Å². The second-order valence-corrected chi connectivity index (χ2v) is 8.22. The number of rotatable bonds is 9. The molecule has 0 saturated carbocycles. The highest BCUT2D eigenvalue weighted by Crippen LogP contribution is 2.39. The highest BCUT2D eigenvalue weighted by molar-refractivity contribution is 5.81. The van der Waals surface area contributed by atoms with Crippen molar-refractivity contribution >= 4 is 17.8 Å². The third-order valence-corrected chi connectivity index (χ3v) is 5.97. The summed E-state index contributed by atoms with van der Waals surface area (Å²) in [5.74, 6) is -2.74. The monoisotopic (exact) mass is 496 g/mol. The molecule has 15 heteroatoms. The van der Waals surface area contributed by atoms with Crippen LogP contribution in [-0.2, 0) is 28.6 Å². The van der Waals surface area contributed by atoms with Gasteiger partial charge in [0.2, 0.25) is 11.8 Å². The second kappa shape index (κ2) is 11.7. The lowest BCUT2D eigenvalue weighted by Crippen LogP contribution is -2.79. The first-order valence-corrected chi connectivity index (χ1v) is 10.5. The van der Waals surface area contributed by atoms with Gasteiger partial charge in [0.25, 0.3) is 0 Å². The van der Waals surface area contributed by atoms with E-state index < -0.39 is 104 Å². The minimum absolute atomic E-state index is 0.490. The first kappa shape index (κ1) is 28.3. The number of nitrogens with one attached hydrogen (secondary N) is 2. The van der Waals surface area contributed by atoms with Crippen molar-refractivity contribution in [2.24, 2.45) is 0 Å². The van der Waals surface area contributed by atoms with E-state index in [1.807, 2.05) is 0 Å². The molecule has 0 bridgehead atoms. The number of aliphatic hydroxyl groups is 6. The third-order valence-electron chi connectivity index (χ3n) is 5.97. The highest BCUT2D eigenvalue weighted by Gasteiger charge is 2.64. The normalized spacial score (nSPS) is 40.4. The predicted molar refractivity (Wildman–Crippen MR) is 108 cm³/mol. The van der Waals surface area contributed by atoms with E-state index in [2.05, 4.69) is 10.6 Å². The summed E-state index contributed by atoms with van der Waals surface area (Å²) in [7, 11) is 1.19. The van der Waals surface area contributed by atoms with Crippen LogP contribution in [0.5, 0.6) is 0 Å². The zero-order valence-corrected chi connectivity index (χ0v) is 18.6. The minimum Gasteiger partial charge on any atom is -0.481 e. The fourth-order valence-electron chi connectivity index (χ4n) is 4.26. The molecule has 2 amide bonds. The summed E-state index contributed by atoms with van der Waals surface area (Å²) in [5, 5.41) is 76.9. The Morgan fingerprint density at radius 1 is 0.971 bits per heavy atom. The van der Waals surface area contributed by atoms with E-state index in [0.717, 1.165) is 6.92 Å². The fourth-order valence-corrected chi connectivity index (χ4v) is 4.26. The number of aliphatic hydroxyl groups excluding tert-OH is 5. The molecular weight excluding hydrogens is 464 g/mol. The maximum atomic E-state index is 12.2. The summed E-state index contributed by atoms with van der Waals surface area (Å²) in [4.78, 5) is 34.5. The van der Waals surface area contributed by atoms with E-state index in [0.29, 0.717) is 0 Å². The van der Waals surface area contributed by atoms with Crippen LogP contribution in [-0.4, -0.2) is 134 Å². The van der Waals surface area contributed by atoms with Crippen molar-refractivity contribution in [1.82, 2.24) is 10.6 Å². The Balaban J connectivity index is 2.42. The molecule has 196 valence electrons. The molecule has 2 aliphatic rings. The number of methoxy groups -OCH3 is 1. The standard InChI is InChI=1S/C19H32N2O13/c1-7(24)20-13-16(30)19(31,9(6-23)34-18(13)32-2)17-15(29)12(14(28)8(5-22)33-17)21-10(25)3-4-11(26)27/h8-9,12-18,22-23,28-31H,3-6H2,1-2H3,(H,20,24)(H,21,25)(H,26,27)/t8-,9-,12-,13+,14+,15-,16-,17-,18+,19-/m1/s1. The lowest BCUT2D eigenvalue weighted by molar-refractivity contribution is -0.347. The topological polar surface area (TPSA) is 245 Å². The molecular formula is C19H32N2O13. The SMILES string of the molecule is CO[C@H]1O[C@H](CO)[C@](O)([C@@H]2O[C@H](CO)[C@H](O)[C@@H](NC(=O)CCC(=O)O)[C@H]2O)[C@H](O)[C@@H]1NC(C)=O. The molecule has 2 fully saturated rings. The second-order valence-electron chi connectivity index (χ2n) is 8.22. The average Bonchev–Trinajstić information content (AvgIpc) is 2.78. The van der Waals surface area contributed by atoms with Gasteiger partial charge in [0, 0.05) is 20.5 Å². The summed E-state index contributed by atoms with van der Waals surface area (Å²) in [5.41, 5.74) is -2.64. The molecule has 0 aromatic carbocycles. The van der Waals surface area contributed by atoms with Crippen LogP contribution >= 0.6 is 0 Å². The van der Waals surface area contributed by atoms with Crippen LogP contribution in [0.1, 0.15) is 19.8 Å². The van der Waals surface area contributed by atoms with E-state index in [-0.39, 0.29) is 0 Å². The molecule has 10 atom stereocenters. The van der Waals surface area contributed by atoms with Crippen molar-refractivity contribution in [3.8, 4) is 0 Å². The van der Waals surface area contributed by atoms with E-state index in [1.165, 1.54) is 7.11 Å². The zero-order valence-electron chi connectivity index (χ0n) is 18.6. The molecule has 2 saturated heterocycles. The van der Waals surface area contributed by atoms with Gasteiger partial charge < -0.3 is 60.6 Å². The average molecular weight is 496 g/mol. The predicted octanol–water partition coefficient (Wildman–Crippen LogP) is -5.22. The number of amides is 2. The van der Waals surface area contributed by atoms with Gasteiger partial charge in [-0.2, -0.15) is 0 Å². The van der Waals surface area contributed by atoms with Crippen LogP contribution in [0, 0.1) is 0 Å². The van der Waals surface area contributed by atoms with E-state index in [1.54, 1.807) is 0 Å². The Morgan fingerprint density at radius 3 is 2.12 bits per heavy atom. The Kier molecular flexibility index (Phi) is 9.70. The van der Waals surface area contributed by atoms with Crippen molar-refractivity contribution in [2.45, 2.75) is 80.4 Å². The van der Waals surface area contributed by atoms with Crippen LogP contribution in [0.2, 0.25) is 0 Å². The van der Waals surface area contributed by atoms with Gasteiger partial charge in [-0.25, -0.2) is 0 Å². The van der Waals surface area contributed by atoms with Crippen LogP contribution in [0.3, 0.4) is 0 Å². The number of hydrogen-bond acceptors (Lipinski definition) is 12. The number of carbonyl (C=O) groups excluding carboxylic acids is 2.